The highest BCUT2D eigenvalue weighted by atomic mass is 79.9. The first kappa shape index (κ1) is 9.91. The molecule has 0 unspecified atom stereocenters. The van der Waals surface area contributed by atoms with Gasteiger partial charge in [0.05, 0.1) is 0 Å². The van der Waals surface area contributed by atoms with Crippen molar-refractivity contribution in [2.75, 3.05) is 0 Å². The van der Waals surface area contributed by atoms with Gasteiger partial charge in [-0.2, -0.15) is 0 Å². The molecule has 0 aromatic carbocycles. The lowest BCUT2D eigenvalue weighted by Crippen LogP contribution is -2.19. The molecule has 78 valence electrons. The van der Waals surface area contributed by atoms with Crippen molar-refractivity contribution in [3.8, 4) is 0 Å². The van der Waals surface area contributed by atoms with Gasteiger partial charge in [-0.1, -0.05) is 0 Å². The Morgan fingerprint density at radius 2 is 2.40 bits per heavy atom. The maximum atomic E-state index is 11.3. The molecule has 2 rings (SSSR count). The van der Waals surface area contributed by atoms with E-state index in [9.17, 15) is 9.59 Å². The van der Waals surface area contributed by atoms with Crippen LogP contribution in [0.2, 0.25) is 0 Å². The molecular weight excluding hydrogens is 268 g/mol. The lowest BCUT2D eigenvalue weighted by molar-refractivity contribution is -0.137. The lowest BCUT2D eigenvalue weighted by atomic mass is 10.4. The Bertz CT molecular complexity index is 586. The molecule has 6 nitrogen and oxygen atoms in total. The van der Waals surface area contributed by atoms with Gasteiger partial charge in [0.15, 0.2) is 11.2 Å². The summed E-state index contributed by atoms with van der Waals surface area (Å²) in [6.45, 7) is -0.458. The van der Waals surface area contributed by atoms with E-state index in [-0.39, 0.29) is 11.2 Å². The summed E-state index contributed by atoms with van der Waals surface area (Å²) in [5.74, 6) is -1.84. The Morgan fingerprint density at radius 1 is 1.67 bits per heavy atom. The van der Waals surface area contributed by atoms with Gasteiger partial charge in [-0.05, 0) is 15.9 Å². The smallest absolute Gasteiger partial charge is 0.421 e. The van der Waals surface area contributed by atoms with Gasteiger partial charge in [0.2, 0.25) is 0 Å². The van der Waals surface area contributed by atoms with Crippen LogP contribution in [0, 0.1) is 0 Å². The molecule has 0 bridgehead atoms. The number of aliphatic carboxylic acids is 1. The Labute approximate surface area is 91.3 Å². The Kier molecular flexibility index (Phi) is 2.31. The molecule has 2 aromatic rings. The normalized spacial score (nSPS) is 10.7. The number of pyridine rings is 1. The van der Waals surface area contributed by atoms with Crippen molar-refractivity contribution >= 4 is 33.1 Å². The average Bonchev–Trinajstić information content (AvgIpc) is 2.41. The van der Waals surface area contributed by atoms with E-state index < -0.39 is 18.3 Å². The van der Waals surface area contributed by atoms with Crippen molar-refractivity contribution in [2.24, 2.45) is 0 Å². The second kappa shape index (κ2) is 3.50. The number of fused-ring (bicyclic) bond motifs is 1. The summed E-state index contributed by atoms with van der Waals surface area (Å²) in [4.78, 5) is 25.7. The first-order valence-corrected chi connectivity index (χ1v) is 4.74. The van der Waals surface area contributed by atoms with Crippen LogP contribution in [0.5, 0.6) is 0 Å². The molecule has 0 saturated heterocycles. The average molecular weight is 273 g/mol. The van der Waals surface area contributed by atoms with Gasteiger partial charge in [-0.15, -0.1) is 0 Å². The van der Waals surface area contributed by atoms with Crippen molar-refractivity contribution < 1.29 is 14.3 Å². The van der Waals surface area contributed by atoms with E-state index in [1.807, 2.05) is 0 Å². The zero-order valence-corrected chi connectivity index (χ0v) is 8.89. The van der Waals surface area contributed by atoms with Crippen LogP contribution >= 0.6 is 15.9 Å². The highest BCUT2D eigenvalue weighted by Crippen LogP contribution is 2.15. The number of carboxylic acids is 1. The lowest BCUT2D eigenvalue weighted by Gasteiger charge is -1.95. The molecular formula is C8H5BrN2O4. The minimum Gasteiger partial charge on any atom is -0.480 e. The molecule has 0 aliphatic carbocycles. The summed E-state index contributed by atoms with van der Waals surface area (Å²) < 4.78 is 6.45. The van der Waals surface area contributed by atoms with E-state index in [1.165, 1.54) is 6.20 Å². The standard InChI is InChI=1S/C8H5BrN2O4/c9-4-1-5-7(10-2-4)11(3-6(12)13)8(14)15-5/h1-2H,3H2,(H,12,13). The number of oxazole rings is 1. The topological polar surface area (TPSA) is 85.3 Å². The second-order valence-corrected chi connectivity index (χ2v) is 3.74. The van der Waals surface area contributed by atoms with E-state index in [0.29, 0.717) is 4.47 Å². The predicted molar refractivity (Wildman–Crippen MR) is 53.6 cm³/mol. The number of carboxylic acid groups (broad SMARTS) is 1. The third kappa shape index (κ3) is 1.78. The summed E-state index contributed by atoms with van der Waals surface area (Å²) in [5, 5.41) is 8.59. The molecule has 2 aromatic heterocycles. The zero-order valence-electron chi connectivity index (χ0n) is 7.31. The Morgan fingerprint density at radius 3 is 3.07 bits per heavy atom. The number of aromatic nitrogens is 2. The largest absolute Gasteiger partial charge is 0.480 e. The van der Waals surface area contributed by atoms with Crippen molar-refractivity contribution in [1.82, 2.24) is 9.55 Å². The predicted octanol–water partition coefficient (Wildman–Crippen LogP) is 0.837. The van der Waals surface area contributed by atoms with Gasteiger partial charge in [0.25, 0.3) is 0 Å². The summed E-state index contributed by atoms with van der Waals surface area (Å²) in [6, 6.07) is 1.56. The van der Waals surface area contributed by atoms with Crippen molar-refractivity contribution in [2.45, 2.75) is 6.54 Å². The van der Waals surface area contributed by atoms with Crippen LogP contribution in [-0.4, -0.2) is 20.6 Å². The number of hydrogen-bond acceptors (Lipinski definition) is 4. The summed E-state index contributed by atoms with van der Waals surface area (Å²) in [6.07, 6.45) is 1.47. The Hall–Kier alpha value is -1.63. The fourth-order valence-corrected chi connectivity index (χ4v) is 1.51. The van der Waals surface area contributed by atoms with E-state index in [1.54, 1.807) is 6.07 Å². The highest BCUT2D eigenvalue weighted by molar-refractivity contribution is 9.10. The number of carbonyl (C=O) groups is 1. The van der Waals surface area contributed by atoms with Gasteiger partial charge in [-0.3, -0.25) is 4.79 Å². The molecule has 0 atom stereocenters. The maximum absolute atomic E-state index is 11.3. The second-order valence-electron chi connectivity index (χ2n) is 2.82. The third-order valence-corrected chi connectivity index (χ3v) is 2.20. The van der Waals surface area contributed by atoms with Crippen LogP contribution in [0.1, 0.15) is 0 Å². The molecule has 0 spiro atoms. The van der Waals surface area contributed by atoms with E-state index in [0.717, 1.165) is 4.57 Å². The number of halogens is 1. The minimum atomic E-state index is -1.12. The van der Waals surface area contributed by atoms with E-state index >= 15 is 0 Å². The van der Waals surface area contributed by atoms with Crippen LogP contribution < -0.4 is 5.76 Å². The van der Waals surface area contributed by atoms with Gasteiger partial charge in [0, 0.05) is 16.7 Å². The molecule has 0 aliphatic heterocycles. The molecule has 0 aliphatic rings. The minimum absolute atomic E-state index is 0.227. The molecule has 7 heteroatoms. The number of rotatable bonds is 2. The first-order chi connectivity index (χ1) is 7.08. The fraction of sp³-hybridized carbons (Fsp3) is 0.125. The maximum Gasteiger partial charge on any atom is 0.421 e. The quantitative estimate of drug-likeness (QED) is 0.876. The zero-order chi connectivity index (χ0) is 11.0. The van der Waals surface area contributed by atoms with Crippen molar-refractivity contribution in [3.63, 3.8) is 0 Å². The molecule has 0 saturated carbocycles. The monoisotopic (exact) mass is 272 g/mol. The molecule has 2 heterocycles. The van der Waals surface area contributed by atoms with Crippen LogP contribution in [0.25, 0.3) is 11.2 Å². The molecule has 15 heavy (non-hydrogen) atoms. The Balaban J connectivity index is 2.68. The van der Waals surface area contributed by atoms with E-state index in [2.05, 4.69) is 20.9 Å². The first-order valence-electron chi connectivity index (χ1n) is 3.94. The van der Waals surface area contributed by atoms with Crippen LogP contribution in [0.4, 0.5) is 0 Å². The third-order valence-electron chi connectivity index (χ3n) is 1.77. The summed E-state index contributed by atoms with van der Waals surface area (Å²) in [7, 11) is 0. The van der Waals surface area contributed by atoms with Gasteiger partial charge in [-0.25, -0.2) is 14.3 Å². The van der Waals surface area contributed by atoms with Crippen LogP contribution in [-0.2, 0) is 11.3 Å². The van der Waals surface area contributed by atoms with E-state index in [4.69, 9.17) is 9.52 Å². The van der Waals surface area contributed by atoms with Gasteiger partial charge < -0.3 is 9.52 Å². The molecule has 0 fully saturated rings. The van der Waals surface area contributed by atoms with Crippen molar-refractivity contribution in [1.29, 1.82) is 0 Å². The number of hydrogen-bond donors (Lipinski definition) is 1. The summed E-state index contributed by atoms with van der Waals surface area (Å²) >= 11 is 3.17. The van der Waals surface area contributed by atoms with Crippen molar-refractivity contribution in [3.05, 3.63) is 27.3 Å². The van der Waals surface area contributed by atoms with Crippen LogP contribution in [0.15, 0.2) is 25.9 Å². The highest BCUT2D eigenvalue weighted by Gasteiger charge is 2.12. The molecule has 0 amide bonds. The molecule has 1 N–H and O–H groups in total. The van der Waals surface area contributed by atoms with Crippen LogP contribution in [0.3, 0.4) is 0 Å². The SMILES string of the molecule is O=C(O)Cn1c(=O)oc2cc(Br)cnc21. The van der Waals surface area contributed by atoms with Gasteiger partial charge in [0.1, 0.15) is 6.54 Å². The summed E-state index contributed by atoms with van der Waals surface area (Å²) in [5.41, 5.74) is 0.487. The fourth-order valence-electron chi connectivity index (χ4n) is 1.20. The molecule has 0 radical (unpaired) electrons. The number of nitrogens with zero attached hydrogens (tertiary/aromatic N) is 2. The van der Waals surface area contributed by atoms with Gasteiger partial charge >= 0.3 is 11.7 Å².